The van der Waals surface area contributed by atoms with Crippen molar-refractivity contribution in [1.82, 2.24) is 4.90 Å². The van der Waals surface area contributed by atoms with Gasteiger partial charge in [0.15, 0.2) is 5.17 Å². The number of fused-ring (bicyclic) bond motifs is 3. The lowest BCUT2D eigenvalue weighted by molar-refractivity contribution is -0.119. The molecule has 0 saturated heterocycles. The van der Waals surface area contributed by atoms with Gasteiger partial charge in [0.2, 0.25) is 5.91 Å². The fourth-order valence-electron chi connectivity index (χ4n) is 3.76. The number of amides is 2. The van der Waals surface area contributed by atoms with Crippen LogP contribution in [-0.2, 0) is 9.59 Å². The molecule has 8 heteroatoms. The summed E-state index contributed by atoms with van der Waals surface area (Å²) in [4.78, 5) is 36.9. The maximum Gasteiger partial charge on any atom is 0.275 e. The summed E-state index contributed by atoms with van der Waals surface area (Å²) < 4.78 is 0. The third-order valence-corrected chi connectivity index (χ3v) is 6.70. The largest absolute Gasteiger partial charge is 0.325 e. The Hall–Kier alpha value is -3.42. The highest BCUT2D eigenvalue weighted by molar-refractivity contribution is 8.14. The minimum Gasteiger partial charge on any atom is -0.325 e. The van der Waals surface area contributed by atoms with Gasteiger partial charge in [-0.1, -0.05) is 65.8 Å². The molecule has 3 aromatic rings. The lowest BCUT2D eigenvalue weighted by atomic mass is 10.0. The van der Waals surface area contributed by atoms with E-state index < -0.39 is 11.3 Å². The van der Waals surface area contributed by atoms with Crippen LogP contribution in [0.1, 0.15) is 24.1 Å². The molecule has 0 aromatic heterocycles. The first-order valence-corrected chi connectivity index (χ1v) is 11.6. The van der Waals surface area contributed by atoms with E-state index in [9.17, 15) is 9.59 Å². The number of nitrogens with zero attached hydrogens (tertiary/aromatic N) is 3. The zero-order valence-corrected chi connectivity index (χ0v) is 19.2. The second-order valence-corrected chi connectivity index (χ2v) is 9.37. The fraction of sp³-hybridized carbons (Fsp3) is 0.120. The summed E-state index contributed by atoms with van der Waals surface area (Å²) in [6.45, 7) is 1.81. The molecule has 1 N–H and O–H groups in total. The van der Waals surface area contributed by atoms with Gasteiger partial charge in [-0.3, -0.25) is 14.5 Å². The average Bonchev–Trinajstić information content (AvgIpc) is 3.18. The summed E-state index contributed by atoms with van der Waals surface area (Å²) in [5.41, 5.74) is 3.01. The second kappa shape index (κ2) is 8.84. The molecule has 3 aromatic carbocycles. The van der Waals surface area contributed by atoms with Crippen LogP contribution in [0, 0.1) is 0 Å². The van der Waals surface area contributed by atoms with Crippen molar-refractivity contribution in [2.45, 2.75) is 18.2 Å². The predicted octanol–water partition coefficient (Wildman–Crippen LogP) is 5.43. The summed E-state index contributed by atoms with van der Waals surface area (Å²) in [6, 6.07) is 23.4. The van der Waals surface area contributed by atoms with Crippen molar-refractivity contribution in [3.8, 4) is 0 Å². The molecule has 2 unspecified atom stereocenters. The van der Waals surface area contributed by atoms with Gasteiger partial charge in [0.1, 0.15) is 11.9 Å². The Morgan fingerprint density at radius 1 is 1.00 bits per heavy atom. The topological polar surface area (TPSA) is 74.1 Å². The Balaban J connectivity index is 1.46. The van der Waals surface area contributed by atoms with E-state index in [-0.39, 0.29) is 11.8 Å². The number of anilines is 1. The summed E-state index contributed by atoms with van der Waals surface area (Å²) in [6.07, 6.45) is 0. The molecular weight excluding hydrogens is 456 g/mol. The molecule has 2 amide bonds. The molecule has 0 aliphatic carbocycles. The number of benzene rings is 3. The van der Waals surface area contributed by atoms with Crippen LogP contribution >= 0.6 is 23.4 Å². The van der Waals surface area contributed by atoms with Gasteiger partial charge in [-0.2, -0.15) is 4.99 Å². The van der Waals surface area contributed by atoms with E-state index in [2.05, 4.69) is 10.3 Å². The van der Waals surface area contributed by atoms with Crippen molar-refractivity contribution >= 4 is 57.6 Å². The van der Waals surface area contributed by atoms with Crippen LogP contribution in [0.2, 0.25) is 5.02 Å². The van der Waals surface area contributed by atoms with Gasteiger partial charge in [0.05, 0.1) is 10.9 Å². The zero-order chi connectivity index (χ0) is 22.9. The smallest absolute Gasteiger partial charge is 0.275 e. The summed E-state index contributed by atoms with van der Waals surface area (Å²) >= 11 is 7.23. The molecule has 0 radical (unpaired) electrons. The number of aliphatic imine (C=N–C) groups is 2. The van der Waals surface area contributed by atoms with Crippen LogP contribution in [-0.4, -0.2) is 33.0 Å². The number of hydrogen-bond donors (Lipinski definition) is 1. The first kappa shape index (κ1) is 21.4. The number of nitrogens with one attached hydrogen (secondary N) is 1. The highest BCUT2D eigenvalue weighted by Gasteiger charge is 2.43. The summed E-state index contributed by atoms with van der Waals surface area (Å²) in [5.74, 6) is 0.135. The van der Waals surface area contributed by atoms with Gasteiger partial charge < -0.3 is 5.32 Å². The highest BCUT2D eigenvalue weighted by Crippen LogP contribution is 2.40. The Morgan fingerprint density at radius 3 is 2.45 bits per heavy atom. The molecule has 2 atom stereocenters. The lowest BCUT2D eigenvalue weighted by Gasteiger charge is -2.32. The maximum absolute atomic E-state index is 13.0. The third kappa shape index (κ3) is 4.17. The Kier molecular flexibility index (Phi) is 5.74. The van der Waals surface area contributed by atoms with Crippen LogP contribution in [0.4, 0.5) is 11.4 Å². The number of thioether (sulfide) groups is 1. The highest BCUT2D eigenvalue weighted by atomic mass is 35.5. The van der Waals surface area contributed by atoms with E-state index in [0.29, 0.717) is 21.7 Å². The van der Waals surface area contributed by atoms with Crippen LogP contribution in [0.25, 0.3) is 0 Å². The van der Waals surface area contributed by atoms with Crippen molar-refractivity contribution in [3.63, 3.8) is 0 Å². The van der Waals surface area contributed by atoms with Crippen LogP contribution in [0.3, 0.4) is 0 Å². The van der Waals surface area contributed by atoms with Crippen molar-refractivity contribution < 1.29 is 9.59 Å². The van der Waals surface area contributed by atoms with Crippen molar-refractivity contribution in [1.29, 1.82) is 0 Å². The Labute approximate surface area is 200 Å². The van der Waals surface area contributed by atoms with E-state index in [4.69, 9.17) is 16.6 Å². The van der Waals surface area contributed by atoms with Crippen molar-refractivity contribution in [2.75, 3.05) is 5.32 Å². The van der Waals surface area contributed by atoms with Gasteiger partial charge in [0, 0.05) is 16.3 Å². The van der Waals surface area contributed by atoms with Gasteiger partial charge in [0.25, 0.3) is 5.91 Å². The Morgan fingerprint density at radius 2 is 1.70 bits per heavy atom. The second-order valence-electron chi connectivity index (χ2n) is 7.62. The number of hydrogen-bond acceptors (Lipinski definition) is 5. The molecule has 164 valence electrons. The van der Waals surface area contributed by atoms with Gasteiger partial charge >= 0.3 is 0 Å². The molecule has 2 aliphatic rings. The monoisotopic (exact) mass is 474 g/mol. The standard InChI is InChI=1S/C25H19ClN4O2S/c1-15(23(31)27-18-13-11-17(26)12-14-18)33-25-28-20-10-6-5-9-19(20)22-29-24(32)21(30(22)25)16-7-3-2-4-8-16/h2-15,21H,1H3,(H,27,31). The van der Waals surface area contributed by atoms with Gasteiger partial charge in [-0.15, -0.1) is 0 Å². The summed E-state index contributed by atoms with van der Waals surface area (Å²) in [7, 11) is 0. The normalized spacial score (nSPS) is 17.6. The number of amidine groups is 2. The van der Waals surface area contributed by atoms with Crippen molar-refractivity contribution in [2.24, 2.45) is 9.98 Å². The third-order valence-electron chi connectivity index (χ3n) is 5.38. The molecule has 5 rings (SSSR count). The van der Waals surface area contributed by atoms with Crippen molar-refractivity contribution in [3.05, 3.63) is 95.0 Å². The first-order valence-electron chi connectivity index (χ1n) is 10.4. The number of carbonyl (C=O) groups excluding carboxylic acids is 2. The lowest BCUT2D eigenvalue weighted by Crippen LogP contribution is -2.40. The summed E-state index contributed by atoms with van der Waals surface area (Å²) in [5, 5.41) is 3.59. The van der Waals surface area contributed by atoms with E-state index in [1.807, 2.05) is 66.4 Å². The molecule has 0 saturated carbocycles. The van der Waals surface area contributed by atoms with Crippen LogP contribution in [0.15, 0.2) is 88.8 Å². The van der Waals surface area contributed by atoms with E-state index in [1.54, 1.807) is 24.3 Å². The fourth-order valence-corrected chi connectivity index (χ4v) is 4.82. The minimum atomic E-state index is -0.618. The molecule has 2 heterocycles. The molecular formula is C25H19ClN4O2S. The Bertz CT molecular complexity index is 1290. The number of rotatable bonds is 4. The maximum atomic E-state index is 13.0. The van der Waals surface area contributed by atoms with Gasteiger partial charge in [-0.05, 0) is 48.9 Å². The van der Waals surface area contributed by atoms with E-state index in [1.165, 1.54) is 11.8 Å². The SMILES string of the molecule is CC(SC1=Nc2ccccc2C2=NC(=O)C(c3ccccc3)N12)C(=O)Nc1ccc(Cl)cc1. The number of carbonyl (C=O) groups is 2. The van der Waals surface area contributed by atoms with E-state index >= 15 is 0 Å². The predicted molar refractivity (Wildman–Crippen MR) is 133 cm³/mol. The number of halogens is 1. The molecule has 6 nitrogen and oxygen atoms in total. The van der Waals surface area contributed by atoms with E-state index in [0.717, 1.165) is 16.8 Å². The molecule has 0 spiro atoms. The molecule has 0 bridgehead atoms. The average molecular weight is 475 g/mol. The molecule has 2 aliphatic heterocycles. The van der Waals surface area contributed by atoms with Gasteiger partial charge in [-0.25, -0.2) is 4.99 Å². The zero-order valence-electron chi connectivity index (χ0n) is 17.6. The van der Waals surface area contributed by atoms with Crippen LogP contribution in [0.5, 0.6) is 0 Å². The van der Waals surface area contributed by atoms with Crippen LogP contribution < -0.4 is 5.32 Å². The number of para-hydroxylation sites is 1. The minimum absolute atomic E-state index is 0.177. The molecule has 33 heavy (non-hydrogen) atoms. The first-order chi connectivity index (χ1) is 16.0. The quantitative estimate of drug-likeness (QED) is 0.547. The molecule has 0 fully saturated rings.